The SMILES string of the molecule is CN=C(NCCc1ccncc1C)NC1CC(C)N(Cc2ccccc2)C1. The highest BCUT2D eigenvalue weighted by atomic mass is 15.3. The Morgan fingerprint density at radius 2 is 2.07 bits per heavy atom. The molecule has 2 aromatic rings. The van der Waals surface area contributed by atoms with E-state index < -0.39 is 0 Å². The highest BCUT2D eigenvalue weighted by Crippen LogP contribution is 2.20. The van der Waals surface area contributed by atoms with Gasteiger partial charge in [-0.15, -0.1) is 0 Å². The number of pyridine rings is 1. The minimum absolute atomic E-state index is 0.428. The number of likely N-dealkylation sites (tertiary alicyclic amines) is 1. The molecule has 3 rings (SSSR count). The first-order valence-corrected chi connectivity index (χ1v) is 9.80. The second-order valence-corrected chi connectivity index (χ2v) is 7.39. The summed E-state index contributed by atoms with van der Waals surface area (Å²) in [5.41, 5.74) is 3.94. The molecular formula is C22H31N5. The molecule has 1 aromatic heterocycles. The molecule has 2 atom stereocenters. The summed E-state index contributed by atoms with van der Waals surface area (Å²) >= 11 is 0. The van der Waals surface area contributed by atoms with Crippen LogP contribution in [-0.2, 0) is 13.0 Å². The smallest absolute Gasteiger partial charge is 0.191 e. The van der Waals surface area contributed by atoms with Crippen molar-refractivity contribution in [2.24, 2.45) is 4.99 Å². The first-order chi connectivity index (χ1) is 13.2. The van der Waals surface area contributed by atoms with E-state index in [1.807, 2.05) is 19.4 Å². The summed E-state index contributed by atoms with van der Waals surface area (Å²) in [5.74, 6) is 0.889. The largest absolute Gasteiger partial charge is 0.356 e. The van der Waals surface area contributed by atoms with Crippen molar-refractivity contribution >= 4 is 5.96 Å². The third-order valence-corrected chi connectivity index (χ3v) is 5.32. The molecule has 0 amide bonds. The van der Waals surface area contributed by atoms with E-state index in [9.17, 15) is 0 Å². The molecule has 144 valence electrons. The minimum atomic E-state index is 0.428. The number of aromatic nitrogens is 1. The van der Waals surface area contributed by atoms with Gasteiger partial charge in [0, 0.05) is 51.2 Å². The first kappa shape index (κ1) is 19.4. The number of rotatable bonds is 6. The number of nitrogens with one attached hydrogen (secondary N) is 2. The molecule has 0 saturated carbocycles. The monoisotopic (exact) mass is 365 g/mol. The lowest BCUT2D eigenvalue weighted by molar-refractivity contribution is 0.258. The average molecular weight is 366 g/mol. The number of nitrogens with zero attached hydrogens (tertiary/aromatic N) is 3. The van der Waals surface area contributed by atoms with Crippen LogP contribution in [0.15, 0.2) is 53.8 Å². The van der Waals surface area contributed by atoms with Crippen molar-refractivity contribution in [2.45, 2.75) is 45.3 Å². The van der Waals surface area contributed by atoms with Crippen LogP contribution in [0.5, 0.6) is 0 Å². The van der Waals surface area contributed by atoms with Crippen LogP contribution in [0.25, 0.3) is 0 Å². The molecule has 0 spiro atoms. The predicted molar refractivity (Wildman–Crippen MR) is 112 cm³/mol. The van der Waals surface area contributed by atoms with Crippen molar-refractivity contribution in [1.82, 2.24) is 20.5 Å². The maximum atomic E-state index is 4.40. The molecule has 1 aromatic carbocycles. The van der Waals surface area contributed by atoms with Crippen molar-refractivity contribution in [3.63, 3.8) is 0 Å². The fourth-order valence-electron chi connectivity index (χ4n) is 3.73. The van der Waals surface area contributed by atoms with Crippen LogP contribution >= 0.6 is 0 Å². The van der Waals surface area contributed by atoms with E-state index in [1.54, 1.807) is 0 Å². The Morgan fingerprint density at radius 1 is 1.26 bits per heavy atom. The highest BCUT2D eigenvalue weighted by molar-refractivity contribution is 5.80. The van der Waals surface area contributed by atoms with Crippen LogP contribution in [0.1, 0.15) is 30.0 Å². The molecule has 27 heavy (non-hydrogen) atoms. The van der Waals surface area contributed by atoms with Gasteiger partial charge in [0.25, 0.3) is 0 Å². The summed E-state index contributed by atoms with van der Waals surface area (Å²) in [4.78, 5) is 11.1. The number of benzene rings is 1. The third-order valence-electron chi connectivity index (χ3n) is 5.32. The van der Waals surface area contributed by atoms with Crippen LogP contribution in [-0.4, -0.2) is 48.1 Å². The Hall–Kier alpha value is -2.40. The average Bonchev–Trinajstić information content (AvgIpc) is 3.02. The van der Waals surface area contributed by atoms with Gasteiger partial charge in [-0.25, -0.2) is 0 Å². The summed E-state index contributed by atoms with van der Waals surface area (Å²) in [6.07, 6.45) is 5.88. The van der Waals surface area contributed by atoms with Crippen molar-refractivity contribution < 1.29 is 0 Å². The molecule has 0 bridgehead atoms. The number of hydrogen-bond donors (Lipinski definition) is 2. The Balaban J connectivity index is 1.46. The van der Waals surface area contributed by atoms with Gasteiger partial charge < -0.3 is 10.6 Å². The van der Waals surface area contributed by atoms with Crippen molar-refractivity contribution in [3.8, 4) is 0 Å². The summed E-state index contributed by atoms with van der Waals surface area (Å²) < 4.78 is 0. The molecule has 2 heterocycles. The van der Waals surface area contributed by atoms with Gasteiger partial charge in [0.1, 0.15) is 0 Å². The highest BCUT2D eigenvalue weighted by Gasteiger charge is 2.29. The maximum absolute atomic E-state index is 4.40. The van der Waals surface area contributed by atoms with E-state index in [0.717, 1.165) is 38.4 Å². The Morgan fingerprint density at radius 3 is 2.81 bits per heavy atom. The van der Waals surface area contributed by atoms with E-state index in [-0.39, 0.29) is 0 Å². The van der Waals surface area contributed by atoms with E-state index >= 15 is 0 Å². The Labute approximate surface area is 162 Å². The van der Waals surface area contributed by atoms with Crippen LogP contribution in [0.2, 0.25) is 0 Å². The molecule has 1 aliphatic heterocycles. The van der Waals surface area contributed by atoms with E-state index in [4.69, 9.17) is 0 Å². The van der Waals surface area contributed by atoms with Gasteiger partial charge in [-0.05, 0) is 49.4 Å². The zero-order valence-electron chi connectivity index (χ0n) is 16.7. The fraction of sp³-hybridized carbons (Fsp3) is 0.455. The van der Waals surface area contributed by atoms with Crippen molar-refractivity contribution in [1.29, 1.82) is 0 Å². The summed E-state index contributed by atoms with van der Waals surface area (Å²) in [7, 11) is 1.84. The molecule has 0 aliphatic carbocycles. The Bertz CT molecular complexity index is 743. The third kappa shape index (κ3) is 5.54. The standard InChI is InChI=1S/C22H31N5/c1-17-14-24-11-9-20(17)10-12-25-22(23-3)26-21-13-18(2)27(16-21)15-19-7-5-4-6-8-19/h4-9,11,14,18,21H,10,12-13,15-16H2,1-3H3,(H2,23,25,26). The van der Waals surface area contributed by atoms with Crippen LogP contribution in [0.4, 0.5) is 0 Å². The number of guanidine groups is 1. The van der Waals surface area contributed by atoms with Crippen LogP contribution < -0.4 is 10.6 Å². The van der Waals surface area contributed by atoms with E-state index in [0.29, 0.717) is 12.1 Å². The molecule has 2 N–H and O–H groups in total. The summed E-state index contributed by atoms with van der Waals surface area (Å²) in [5, 5.41) is 7.05. The molecule has 1 aliphatic rings. The fourth-order valence-corrected chi connectivity index (χ4v) is 3.73. The lowest BCUT2D eigenvalue weighted by atomic mass is 10.1. The van der Waals surface area contributed by atoms with Gasteiger partial charge >= 0.3 is 0 Å². The molecule has 1 saturated heterocycles. The lowest BCUT2D eigenvalue weighted by Crippen LogP contribution is -2.45. The zero-order valence-corrected chi connectivity index (χ0v) is 16.7. The van der Waals surface area contributed by atoms with Crippen LogP contribution in [0.3, 0.4) is 0 Å². The molecule has 0 radical (unpaired) electrons. The predicted octanol–water partition coefficient (Wildman–Crippen LogP) is 2.76. The van der Waals surface area contributed by atoms with Gasteiger partial charge in [-0.2, -0.15) is 0 Å². The minimum Gasteiger partial charge on any atom is -0.356 e. The lowest BCUT2D eigenvalue weighted by Gasteiger charge is -2.21. The second-order valence-electron chi connectivity index (χ2n) is 7.39. The molecular weight excluding hydrogens is 334 g/mol. The van der Waals surface area contributed by atoms with Crippen molar-refractivity contribution in [3.05, 3.63) is 65.5 Å². The van der Waals surface area contributed by atoms with E-state index in [1.165, 1.54) is 16.7 Å². The molecule has 5 nitrogen and oxygen atoms in total. The van der Waals surface area contributed by atoms with Gasteiger partial charge in [0.15, 0.2) is 5.96 Å². The number of aliphatic imine (C=N–C) groups is 1. The quantitative estimate of drug-likeness (QED) is 0.611. The van der Waals surface area contributed by atoms with Gasteiger partial charge in [0.05, 0.1) is 0 Å². The Kier molecular flexibility index (Phi) is 6.82. The van der Waals surface area contributed by atoms with Gasteiger partial charge in [0.2, 0.25) is 0 Å². The molecule has 2 unspecified atom stereocenters. The van der Waals surface area contributed by atoms with E-state index in [2.05, 4.69) is 75.8 Å². The summed E-state index contributed by atoms with van der Waals surface area (Å²) in [6, 6.07) is 13.8. The molecule has 5 heteroatoms. The maximum Gasteiger partial charge on any atom is 0.191 e. The summed E-state index contributed by atoms with van der Waals surface area (Å²) in [6.45, 7) is 7.33. The van der Waals surface area contributed by atoms with Gasteiger partial charge in [-0.3, -0.25) is 14.9 Å². The van der Waals surface area contributed by atoms with Crippen LogP contribution in [0, 0.1) is 6.92 Å². The topological polar surface area (TPSA) is 52.6 Å². The molecule has 1 fully saturated rings. The number of aryl methyl sites for hydroxylation is 1. The zero-order chi connectivity index (χ0) is 19.1. The van der Waals surface area contributed by atoms with Gasteiger partial charge in [-0.1, -0.05) is 30.3 Å². The normalized spacial score (nSPS) is 20.6. The number of hydrogen-bond acceptors (Lipinski definition) is 3. The first-order valence-electron chi connectivity index (χ1n) is 9.80. The van der Waals surface area contributed by atoms with Crippen molar-refractivity contribution in [2.75, 3.05) is 20.1 Å². The second kappa shape index (κ2) is 9.51.